The van der Waals surface area contributed by atoms with Gasteiger partial charge in [0, 0.05) is 12.8 Å². The first-order valence-corrected chi connectivity index (χ1v) is 31.5. The van der Waals surface area contributed by atoms with Gasteiger partial charge in [0.15, 0.2) is 0 Å². The Balaban J connectivity index is 5.28. The van der Waals surface area contributed by atoms with E-state index >= 15 is 0 Å². The highest BCUT2D eigenvalue weighted by Gasteiger charge is 2.30. The van der Waals surface area contributed by atoms with Crippen molar-refractivity contribution < 1.29 is 37.3 Å². The van der Waals surface area contributed by atoms with Crippen LogP contribution in [0.3, 0.4) is 0 Å². The van der Waals surface area contributed by atoms with Crippen LogP contribution in [0.4, 0.5) is 0 Å². The third-order valence-corrected chi connectivity index (χ3v) is 14.7. The van der Waals surface area contributed by atoms with Crippen molar-refractivity contribution >= 4 is 19.7 Å². The molecule has 2 N–H and O–H groups in total. The molecule has 69 heavy (non-hydrogen) atoms. The van der Waals surface area contributed by atoms with E-state index in [4.69, 9.17) is 13.8 Å². The van der Waals surface area contributed by atoms with E-state index in [1.165, 1.54) is 212 Å². The summed E-state index contributed by atoms with van der Waals surface area (Å²) in [7, 11) is 1.52. The monoisotopic (exact) mass is 998 g/mol. The molecule has 0 saturated carbocycles. The molecule has 0 fully saturated rings. The van der Waals surface area contributed by atoms with Gasteiger partial charge in [-0.05, 0) is 31.8 Å². The molecule has 0 aromatic carbocycles. The molecule has 9 nitrogen and oxygen atoms in total. The molecule has 0 radical (unpaired) electrons. The first kappa shape index (κ1) is 67.8. The zero-order valence-corrected chi connectivity index (χ0v) is 47.7. The van der Waals surface area contributed by atoms with Gasteiger partial charge in [-0.25, -0.2) is 4.57 Å². The van der Waals surface area contributed by atoms with Crippen LogP contribution in [0.25, 0.3) is 0 Å². The lowest BCUT2D eigenvalue weighted by Gasteiger charge is -2.27. The molecule has 0 aliphatic carbocycles. The van der Waals surface area contributed by atoms with E-state index in [2.05, 4.69) is 26.1 Å². The lowest BCUT2D eigenvalue weighted by Crippen LogP contribution is -2.47. The summed E-state index contributed by atoms with van der Waals surface area (Å²) in [6, 6.07) is -0.838. The number of ether oxygens (including phenoxy) is 1. The summed E-state index contributed by atoms with van der Waals surface area (Å²) in [6.07, 6.45) is 56.2. The van der Waals surface area contributed by atoms with Gasteiger partial charge in [0.2, 0.25) is 5.91 Å². The van der Waals surface area contributed by atoms with Crippen LogP contribution in [-0.4, -0.2) is 74.3 Å². The Kier molecular flexibility index (Phi) is 49.4. The van der Waals surface area contributed by atoms with Crippen molar-refractivity contribution in [3.05, 3.63) is 12.2 Å². The van der Waals surface area contributed by atoms with E-state index in [0.717, 1.165) is 57.8 Å². The van der Waals surface area contributed by atoms with Gasteiger partial charge in [0.1, 0.15) is 19.3 Å². The number of amides is 1. The molecule has 0 heterocycles. The van der Waals surface area contributed by atoms with Crippen LogP contribution in [0.1, 0.15) is 303 Å². The number of likely N-dealkylation sites (N-methyl/N-ethyl adjacent to an activating group) is 1. The van der Waals surface area contributed by atoms with Crippen LogP contribution in [0.2, 0.25) is 0 Å². The van der Waals surface area contributed by atoms with E-state index in [9.17, 15) is 19.0 Å². The van der Waals surface area contributed by atoms with Gasteiger partial charge in [-0.3, -0.25) is 18.6 Å². The van der Waals surface area contributed by atoms with Crippen molar-refractivity contribution in [3.63, 3.8) is 0 Å². The standard InChI is InChI=1S/C59H117N2O7P/c1-7-10-13-16-19-22-25-28-29-30-31-34-37-40-43-46-49-52-59(63)68-57(50-47-44-41-38-35-32-26-23-20-17-14-11-8-2)56(55-67-69(64,65)66-54-53-61(4,5)6)60-58(62)51-48-45-42-39-36-33-27-24-21-18-15-12-9-3/h47,50,56-57H,7-46,48-49,51-55H2,1-6H3,(H-,60,62,64,65)/p+1/b50-47+. The first-order valence-electron chi connectivity index (χ1n) is 30.0. The molecule has 0 aliphatic heterocycles. The van der Waals surface area contributed by atoms with Crippen molar-refractivity contribution in [2.24, 2.45) is 0 Å². The van der Waals surface area contributed by atoms with Gasteiger partial charge in [0.25, 0.3) is 0 Å². The number of quaternary nitrogens is 1. The van der Waals surface area contributed by atoms with Crippen LogP contribution in [0.5, 0.6) is 0 Å². The largest absolute Gasteiger partial charge is 0.472 e. The molecule has 3 unspecified atom stereocenters. The van der Waals surface area contributed by atoms with Crippen molar-refractivity contribution in [3.8, 4) is 0 Å². The Morgan fingerprint density at radius 1 is 0.493 bits per heavy atom. The number of phosphoric ester groups is 1. The molecule has 0 bridgehead atoms. The van der Waals surface area contributed by atoms with Crippen molar-refractivity contribution in [1.29, 1.82) is 0 Å². The summed E-state index contributed by atoms with van der Waals surface area (Å²) in [5.74, 6) is -0.485. The third kappa shape index (κ3) is 51.5. The lowest BCUT2D eigenvalue weighted by molar-refractivity contribution is -0.870. The molecule has 0 aromatic heterocycles. The van der Waals surface area contributed by atoms with E-state index in [0.29, 0.717) is 23.9 Å². The maximum atomic E-state index is 13.5. The Labute approximate surface area is 429 Å². The maximum Gasteiger partial charge on any atom is 0.472 e. The average Bonchev–Trinajstić information content (AvgIpc) is 3.31. The predicted octanol–water partition coefficient (Wildman–Crippen LogP) is 18.0. The van der Waals surface area contributed by atoms with Crippen LogP contribution in [-0.2, 0) is 27.9 Å². The fourth-order valence-electron chi connectivity index (χ4n) is 9.06. The smallest absolute Gasteiger partial charge is 0.456 e. The first-order chi connectivity index (χ1) is 33.4. The zero-order chi connectivity index (χ0) is 50.8. The molecular formula is C59H118N2O7P+. The predicted molar refractivity (Wildman–Crippen MR) is 296 cm³/mol. The highest BCUT2D eigenvalue weighted by molar-refractivity contribution is 7.47. The SMILES string of the molecule is CCCCCCCCCCCCC/C=C/C(OC(=O)CCCCCCCCCCCCCCCCCCC)C(COP(=O)(O)OCC[N+](C)(C)C)NC(=O)CCCCCCCCCCCCCCC. The van der Waals surface area contributed by atoms with Gasteiger partial charge in [0.05, 0.1) is 33.8 Å². The summed E-state index contributed by atoms with van der Waals surface area (Å²) in [6.45, 7) is 7.06. The fourth-order valence-corrected chi connectivity index (χ4v) is 9.80. The number of nitrogens with one attached hydrogen (secondary N) is 1. The fraction of sp³-hybridized carbons (Fsp3) is 0.932. The minimum Gasteiger partial charge on any atom is -0.456 e. The number of phosphoric acid groups is 1. The van der Waals surface area contributed by atoms with Crippen LogP contribution >= 0.6 is 7.82 Å². The maximum absolute atomic E-state index is 13.5. The second kappa shape index (κ2) is 50.3. The lowest BCUT2D eigenvalue weighted by atomic mass is 10.0. The molecule has 0 aromatic rings. The normalized spacial score (nSPS) is 13.8. The summed E-state index contributed by atoms with van der Waals surface area (Å²) < 4.78 is 30.7. The number of esters is 1. The number of rotatable bonds is 55. The Morgan fingerprint density at radius 3 is 1.19 bits per heavy atom. The summed E-state index contributed by atoms with van der Waals surface area (Å²) in [4.78, 5) is 37.6. The topological polar surface area (TPSA) is 111 Å². The number of allylic oxidation sites excluding steroid dienone is 1. The molecule has 10 heteroatoms. The van der Waals surface area contributed by atoms with Crippen LogP contribution in [0, 0.1) is 0 Å². The number of hydrogen-bond donors (Lipinski definition) is 2. The molecule has 0 rings (SSSR count). The summed E-state index contributed by atoms with van der Waals surface area (Å²) >= 11 is 0. The minimum atomic E-state index is -4.44. The summed E-state index contributed by atoms with van der Waals surface area (Å²) in [5, 5.41) is 3.06. The van der Waals surface area contributed by atoms with Crippen molar-refractivity contribution in [2.75, 3.05) is 40.9 Å². The number of carbonyl (C=O) groups is 2. The van der Waals surface area contributed by atoms with E-state index in [1.807, 2.05) is 33.3 Å². The molecule has 0 saturated heterocycles. The number of hydrogen-bond acceptors (Lipinski definition) is 6. The summed E-state index contributed by atoms with van der Waals surface area (Å²) in [5.41, 5.74) is 0. The molecular weight excluding hydrogens is 880 g/mol. The second-order valence-electron chi connectivity index (χ2n) is 21.9. The van der Waals surface area contributed by atoms with Crippen molar-refractivity contribution in [2.45, 2.75) is 315 Å². The highest BCUT2D eigenvalue weighted by Crippen LogP contribution is 2.43. The molecule has 0 spiro atoms. The number of unbranched alkanes of at least 4 members (excludes halogenated alkanes) is 39. The van der Waals surface area contributed by atoms with Gasteiger partial charge in [-0.2, -0.15) is 0 Å². The molecule has 3 atom stereocenters. The van der Waals surface area contributed by atoms with Gasteiger partial charge in [-0.1, -0.05) is 271 Å². The quantitative estimate of drug-likeness (QED) is 0.0205. The molecule has 1 amide bonds. The number of nitrogens with zero attached hydrogens (tertiary/aromatic N) is 1. The van der Waals surface area contributed by atoms with Gasteiger partial charge in [-0.15, -0.1) is 0 Å². The minimum absolute atomic E-state index is 0.0456. The Morgan fingerprint density at radius 2 is 0.826 bits per heavy atom. The van der Waals surface area contributed by atoms with Gasteiger partial charge >= 0.3 is 13.8 Å². The average molecular weight is 999 g/mol. The van der Waals surface area contributed by atoms with Crippen molar-refractivity contribution in [1.82, 2.24) is 5.32 Å². The van der Waals surface area contributed by atoms with Gasteiger partial charge < -0.3 is 19.4 Å². The second-order valence-corrected chi connectivity index (χ2v) is 23.3. The third-order valence-electron chi connectivity index (χ3n) is 13.7. The van der Waals surface area contributed by atoms with Crippen LogP contribution in [0.15, 0.2) is 12.2 Å². The molecule has 0 aliphatic rings. The Bertz CT molecular complexity index is 1190. The van der Waals surface area contributed by atoms with E-state index in [-0.39, 0.29) is 25.1 Å². The zero-order valence-electron chi connectivity index (χ0n) is 46.8. The van der Waals surface area contributed by atoms with E-state index in [1.54, 1.807) is 0 Å². The molecule has 410 valence electrons. The highest BCUT2D eigenvalue weighted by atomic mass is 31.2. The van der Waals surface area contributed by atoms with Crippen LogP contribution < -0.4 is 5.32 Å². The number of carbonyl (C=O) groups excluding carboxylic acids is 2. The van der Waals surface area contributed by atoms with E-state index < -0.39 is 20.0 Å². The Hall–Kier alpha value is -1.25.